The Labute approximate surface area is 223 Å². The number of amides is 1. The number of methoxy groups -OCH3 is 1. The zero-order valence-electron chi connectivity index (χ0n) is 22.1. The van der Waals surface area contributed by atoms with E-state index in [2.05, 4.69) is 38.2 Å². The Hall–Kier alpha value is -4.30. The number of likely N-dealkylation sites (tertiary alicyclic amines) is 1. The van der Waals surface area contributed by atoms with E-state index in [1.807, 2.05) is 56.4 Å². The molecule has 0 bridgehead atoms. The summed E-state index contributed by atoms with van der Waals surface area (Å²) in [7, 11) is 1.60. The summed E-state index contributed by atoms with van der Waals surface area (Å²) in [5.41, 5.74) is 7.65. The third kappa shape index (κ3) is 5.65. The number of allylic oxidation sites excluding steroid dienone is 1. The van der Waals surface area contributed by atoms with Gasteiger partial charge in [0.15, 0.2) is 0 Å². The number of aryl methyl sites for hydroxylation is 1. The molecule has 8 nitrogen and oxygen atoms in total. The first kappa shape index (κ1) is 25.4. The first-order chi connectivity index (χ1) is 18.4. The molecule has 194 valence electrons. The van der Waals surface area contributed by atoms with E-state index in [0.29, 0.717) is 22.7 Å². The first-order valence-electron chi connectivity index (χ1n) is 12.8. The van der Waals surface area contributed by atoms with Gasteiger partial charge in [0, 0.05) is 29.6 Å². The Morgan fingerprint density at radius 1 is 1.08 bits per heavy atom. The smallest absolute Gasteiger partial charge is 0.255 e. The lowest BCUT2D eigenvalue weighted by molar-refractivity contribution is 0.102. The van der Waals surface area contributed by atoms with Crippen molar-refractivity contribution < 1.29 is 9.53 Å². The van der Waals surface area contributed by atoms with Crippen LogP contribution in [0.25, 0.3) is 22.5 Å². The minimum atomic E-state index is -0.160. The summed E-state index contributed by atoms with van der Waals surface area (Å²) in [6.45, 7) is 11.1. The predicted octanol–water partition coefficient (Wildman–Crippen LogP) is 5.53. The topological polar surface area (TPSA) is 85.2 Å². The van der Waals surface area contributed by atoms with Crippen molar-refractivity contribution in [1.82, 2.24) is 24.9 Å². The number of anilines is 1. The van der Waals surface area contributed by atoms with Gasteiger partial charge in [-0.15, -0.1) is 5.10 Å². The second-order valence-electron chi connectivity index (χ2n) is 9.80. The van der Waals surface area contributed by atoms with Crippen molar-refractivity contribution in [3.8, 4) is 22.7 Å². The minimum absolute atomic E-state index is 0.160. The lowest BCUT2D eigenvalue weighted by atomic mass is 10.0. The maximum atomic E-state index is 13.4. The Morgan fingerprint density at radius 2 is 1.87 bits per heavy atom. The second kappa shape index (κ2) is 11.0. The Morgan fingerprint density at radius 3 is 2.63 bits per heavy atom. The van der Waals surface area contributed by atoms with Gasteiger partial charge in [0.1, 0.15) is 11.4 Å². The summed E-state index contributed by atoms with van der Waals surface area (Å²) in [4.78, 5) is 20.0. The second-order valence-corrected chi connectivity index (χ2v) is 9.80. The molecule has 0 saturated carbocycles. The van der Waals surface area contributed by atoms with Crippen molar-refractivity contribution in [2.75, 3.05) is 25.5 Å². The van der Waals surface area contributed by atoms with Crippen molar-refractivity contribution >= 4 is 17.2 Å². The molecular formula is C30H32N6O2. The molecule has 0 unspecified atom stereocenters. The van der Waals surface area contributed by atoms with E-state index < -0.39 is 0 Å². The van der Waals surface area contributed by atoms with Crippen LogP contribution < -0.4 is 10.1 Å². The van der Waals surface area contributed by atoms with Gasteiger partial charge in [-0.25, -0.2) is 4.68 Å². The van der Waals surface area contributed by atoms with Gasteiger partial charge in [-0.2, -0.15) is 0 Å². The SMILES string of the molecule is C=C(C)c1cc(CN2CCCC2)cc(C(=O)Nc2ccc(C)c(-n3cc(-c4cncc(OC)c4)nn3)c2)c1. The van der Waals surface area contributed by atoms with Crippen LogP contribution in [0.4, 0.5) is 5.69 Å². The number of aromatic nitrogens is 4. The number of hydrogen-bond acceptors (Lipinski definition) is 6. The molecule has 1 aliphatic rings. The summed E-state index contributed by atoms with van der Waals surface area (Å²) in [5, 5.41) is 11.7. The minimum Gasteiger partial charge on any atom is -0.495 e. The molecule has 3 heterocycles. The number of pyridine rings is 1. The summed E-state index contributed by atoms with van der Waals surface area (Å²) in [5.74, 6) is 0.490. The van der Waals surface area contributed by atoms with Crippen molar-refractivity contribution in [2.24, 2.45) is 0 Å². The third-order valence-corrected chi connectivity index (χ3v) is 6.80. The number of benzene rings is 2. The van der Waals surface area contributed by atoms with E-state index in [4.69, 9.17) is 4.74 Å². The molecule has 1 fully saturated rings. The van der Waals surface area contributed by atoms with Gasteiger partial charge in [0.25, 0.3) is 5.91 Å². The highest BCUT2D eigenvalue weighted by Crippen LogP contribution is 2.25. The van der Waals surface area contributed by atoms with Gasteiger partial charge < -0.3 is 10.1 Å². The van der Waals surface area contributed by atoms with Crippen LogP contribution >= 0.6 is 0 Å². The zero-order valence-corrected chi connectivity index (χ0v) is 22.1. The lowest BCUT2D eigenvalue weighted by Gasteiger charge is -2.17. The molecule has 1 N–H and O–H groups in total. The van der Waals surface area contributed by atoms with Gasteiger partial charge in [-0.3, -0.25) is 14.7 Å². The average molecular weight is 509 g/mol. The summed E-state index contributed by atoms with van der Waals surface area (Å²) >= 11 is 0. The standard InChI is InChI=1S/C30H32N6O2/c1-20(2)23-11-22(18-35-9-5-6-10-35)12-24(13-23)30(37)32-26-8-7-21(3)29(15-26)36-19-28(33-34-36)25-14-27(38-4)17-31-16-25/h7-8,11-17,19H,1,5-6,9-10,18H2,2-4H3,(H,32,37). The van der Waals surface area contributed by atoms with Crippen LogP contribution in [0, 0.1) is 6.92 Å². The molecular weight excluding hydrogens is 476 g/mol. The van der Waals surface area contributed by atoms with E-state index in [1.165, 1.54) is 12.8 Å². The Bertz CT molecular complexity index is 1490. The van der Waals surface area contributed by atoms with E-state index >= 15 is 0 Å². The maximum absolute atomic E-state index is 13.4. The van der Waals surface area contributed by atoms with Gasteiger partial charge in [0.2, 0.25) is 0 Å². The maximum Gasteiger partial charge on any atom is 0.255 e. The molecule has 0 spiro atoms. The quantitative estimate of drug-likeness (QED) is 0.337. The number of rotatable bonds is 8. The fourth-order valence-corrected chi connectivity index (χ4v) is 4.68. The lowest BCUT2D eigenvalue weighted by Crippen LogP contribution is -2.19. The van der Waals surface area contributed by atoms with Crippen LogP contribution in [0.1, 0.15) is 46.8 Å². The number of carbonyl (C=O) groups is 1. The molecule has 0 aliphatic carbocycles. The summed E-state index contributed by atoms with van der Waals surface area (Å²) in [6.07, 6.45) is 7.66. The molecule has 1 aliphatic heterocycles. The van der Waals surface area contributed by atoms with E-state index in [1.54, 1.807) is 24.2 Å². The number of hydrogen-bond donors (Lipinski definition) is 1. The molecule has 8 heteroatoms. The molecule has 38 heavy (non-hydrogen) atoms. The number of nitrogens with zero attached hydrogens (tertiary/aromatic N) is 5. The van der Waals surface area contributed by atoms with E-state index in [-0.39, 0.29) is 5.91 Å². The number of carbonyl (C=O) groups excluding carboxylic acids is 1. The third-order valence-electron chi connectivity index (χ3n) is 6.80. The number of ether oxygens (including phenoxy) is 1. The van der Waals surface area contributed by atoms with Crippen LogP contribution in [-0.4, -0.2) is 51.0 Å². The van der Waals surface area contributed by atoms with Crippen LogP contribution in [0.2, 0.25) is 0 Å². The predicted molar refractivity (Wildman–Crippen MR) is 149 cm³/mol. The van der Waals surface area contributed by atoms with Gasteiger partial charge in [0.05, 0.1) is 25.2 Å². The van der Waals surface area contributed by atoms with Crippen molar-refractivity contribution in [1.29, 1.82) is 0 Å². The highest BCUT2D eigenvalue weighted by molar-refractivity contribution is 6.05. The van der Waals surface area contributed by atoms with Crippen molar-refractivity contribution in [3.05, 3.63) is 89.9 Å². The zero-order chi connectivity index (χ0) is 26.6. The highest BCUT2D eigenvalue weighted by Gasteiger charge is 2.16. The van der Waals surface area contributed by atoms with Crippen LogP contribution in [-0.2, 0) is 6.54 Å². The molecule has 1 saturated heterocycles. The molecule has 2 aromatic heterocycles. The van der Waals surface area contributed by atoms with Crippen LogP contribution in [0.5, 0.6) is 5.75 Å². The molecule has 0 atom stereocenters. The molecule has 1 amide bonds. The van der Waals surface area contributed by atoms with Gasteiger partial charge in [-0.05, 0) is 86.8 Å². The monoisotopic (exact) mass is 508 g/mol. The highest BCUT2D eigenvalue weighted by atomic mass is 16.5. The van der Waals surface area contributed by atoms with Crippen LogP contribution in [0.3, 0.4) is 0 Å². The normalized spacial score (nSPS) is 13.4. The van der Waals surface area contributed by atoms with Gasteiger partial charge in [-0.1, -0.05) is 29.5 Å². The molecule has 2 aromatic carbocycles. The van der Waals surface area contributed by atoms with Crippen molar-refractivity contribution in [2.45, 2.75) is 33.2 Å². The largest absolute Gasteiger partial charge is 0.495 e. The molecule has 5 rings (SSSR count). The summed E-state index contributed by atoms with van der Waals surface area (Å²) in [6, 6.07) is 13.7. The fraction of sp³-hybridized carbons (Fsp3) is 0.267. The molecule has 4 aromatic rings. The fourth-order valence-electron chi connectivity index (χ4n) is 4.68. The Kier molecular flexibility index (Phi) is 7.33. The average Bonchev–Trinajstić information content (AvgIpc) is 3.62. The van der Waals surface area contributed by atoms with Crippen LogP contribution in [0.15, 0.2) is 67.6 Å². The van der Waals surface area contributed by atoms with E-state index in [9.17, 15) is 4.79 Å². The van der Waals surface area contributed by atoms with E-state index in [0.717, 1.165) is 53.1 Å². The number of nitrogens with one attached hydrogen (secondary N) is 1. The molecule has 0 radical (unpaired) electrons. The van der Waals surface area contributed by atoms with Gasteiger partial charge >= 0.3 is 0 Å². The summed E-state index contributed by atoms with van der Waals surface area (Å²) < 4.78 is 6.98. The van der Waals surface area contributed by atoms with Crippen molar-refractivity contribution in [3.63, 3.8) is 0 Å². The first-order valence-corrected chi connectivity index (χ1v) is 12.8. The Balaban J connectivity index is 1.38.